The van der Waals surface area contributed by atoms with Crippen LogP contribution >= 0.6 is 0 Å². The number of carbonyl (C=O) groups is 2. The molecule has 1 unspecified atom stereocenters. The van der Waals surface area contributed by atoms with Crippen molar-refractivity contribution in [3.63, 3.8) is 0 Å². The zero-order valence-corrected chi connectivity index (χ0v) is 22.3. The van der Waals surface area contributed by atoms with E-state index in [0.717, 1.165) is 50.7 Å². The Morgan fingerprint density at radius 3 is 2.12 bits per heavy atom. The van der Waals surface area contributed by atoms with Gasteiger partial charge in [0.2, 0.25) is 5.91 Å². The second-order valence-corrected chi connectivity index (χ2v) is 11.7. The van der Waals surface area contributed by atoms with E-state index in [9.17, 15) is 9.59 Å². The topological polar surface area (TPSA) is 55.9 Å². The summed E-state index contributed by atoms with van der Waals surface area (Å²) in [4.78, 5) is 30.2. The van der Waals surface area contributed by atoms with Crippen LogP contribution in [0.15, 0.2) is 0 Å². The molecule has 0 radical (unpaired) electrons. The molecule has 1 saturated heterocycles. The number of nitrogens with zero attached hydrogens (tertiary/aromatic N) is 3. The molecule has 1 saturated carbocycles. The molecule has 0 bridgehead atoms. The number of rotatable bonds is 11. The Labute approximate surface area is 198 Å². The first kappa shape index (κ1) is 29.1. The van der Waals surface area contributed by atoms with Gasteiger partial charge in [-0.15, -0.1) is 0 Å². The van der Waals surface area contributed by atoms with Gasteiger partial charge >= 0.3 is 0 Å². The quantitative estimate of drug-likeness (QED) is 0.487. The molecule has 188 valence electrons. The van der Waals surface area contributed by atoms with Gasteiger partial charge in [0.15, 0.2) is 0 Å². The molecule has 1 aliphatic carbocycles. The average molecular weight is 453 g/mol. The van der Waals surface area contributed by atoms with E-state index in [2.05, 4.69) is 68.7 Å². The number of carbonyl (C=O) groups excluding carboxylic acids is 2. The van der Waals surface area contributed by atoms with Crippen molar-refractivity contribution in [2.75, 3.05) is 60.4 Å². The van der Waals surface area contributed by atoms with Crippen LogP contribution in [0, 0.1) is 23.2 Å². The Kier molecular flexibility index (Phi) is 13.0. The smallest absolute Gasteiger partial charge is 0.236 e. The standard InChI is InChI=1S/C22H42N4O2.C4H10/c1-18(2)12-20(17-27)23-8-11-25(5)16-21(28)26-9-6-22(7-10-26)13-19(14-22)15-24(3)4;1-4(2)3/h17-20,23H,6-16H2,1-5H3;4H,1-3H3. The summed E-state index contributed by atoms with van der Waals surface area (Å²) in [7, 11) is 6.30. The van der Waals surface area contributed by atoms with E-state index < -0.39 is 0 Å². The number of hydrogen-bond donors (Lipinski definition) is 1. The number of amides is 1. The van der Waals surface area contributed by atoms with Crippen LogP contribution in [-0.2, 0) is 9.59 Å². The van der Waals surface area contributed by atoms with Crippen molar-refractivity contribution in [3.8, 4) is 0 Å². The fraction of sp³-hybridized carbons (Fsp3) is 0.923. The van der Waals surface area contributed by atoms with Gasteiger partial charge in [-0.25, -0.2) is 0 Å². The summed E-state index contributed by atoms with van der Waals surface area (Å²) >= 11 is 0. The average Bonchev–Trinajstić information content (AvgIpc) is 2.65. The molecule has 1 N–H and O–H groups in total. The van der Waals surface area contributed by atoms with E-state index in [1.807, 2.05) is 7.05 Å². The Hall–Kier alpha value is -0.980. The molecule has 2 aliphatic rings. The molecule has 1 heterocycles. The third-order valence-electron chi connectivity index (χ3n) is 6.44. The highest BCUT2D eigenvalue weighted by molar-refractivity contribution is 5.78. The SMILES string of the molecule is CC(C)C.CC(C)CC(C=O)NCCN(C)CC(=O)N1CCC2(CC1)CC(CN(C)C)C2. The predicted molar refractivity (Wildman–Crippen MR) is 135 cm³/mol. The van der Waals surface area contributed by atoms with Gasteiger partial charge in [-0.1, -0.05) is 34.6 Å². The predicted octanol–water partition coefficient (Wildman–Crippen LogP) is 3.36. The molecule has 0 aromatic carbocycles. The number of piperidine rings is 1. The maximum atomic E-state index is 12.6. The van der Waals surface area contributed by atoms with Crippen LogP contribution < -0.4 is 5.32 Å². The molecule has 0 aromatic rings. The summed E-state index contributed by atoms with van der Waals surface area (Å²) in [6.45, 7) is 15.8. The largest absolute Gasteiger partial charge is 0.342 e. The van der Waals surface area contributed by atoms with Crippen LogP contribution in [0.4, 0.5) is 0 Å². The van der Waals surface area contributed by atoms with Crippen molar-refractivity contribution in [2.24, 2.45) is 23.2 Å². The van der Waals surface area contributed by atoms with Crippen LogP contribution in [-0.4, -0.2) is 93.3 Å². The molecule has 32 heavy (non-hydrogen) atoms. The van der Waals surface area contributed by atoms with Gasteiger partial charge in [0, 0.05) is 32.7 Å². The highest BCUT2D eigenvalue weighted by Gasteiger charge is 2.46. The minimum absolute atomic E-state index is 0.0822. The van der Waals surface area contributed by atoms with Crippen molar-refractivity contribution < 1.29 is 9.59 Å². The van der Waals surface area contributed by atoms with Crippen LogP contribution in [0.5, 0.6) is 0 Å². The molecular formula is C26H52N4O2. The van der Waals surface area contributed by atoms with E-state index in [4.69, 9.17) is 0 Å². The molecule has 1 amide bonds. The first-order chi connectivity index (χ1) is 15.0. The Morgan fingerprint density at radius 2 is 1.66 bits per heavy atom. The van der Waals surface area contributed by atoms with Crippen molar-refractivity contribution in [1.29, 1.82) is 0 Å². The van der Waals surface area contributed by atoms with Crippen LogP contribution in [0.25, 0.3) is 0 Å². The number of nitrogens with one attached hydrogen (secondary N) is 1. The molecule has 1 atom stereocenters. The second kappa shape index (κ2) is 14.3. The van der Waals surface area contributed by atoms with Gasteiger partial charge in [0.05, 0.1) is 12.6 Å². The van der Waals surface area contributed by atoms with E-state index in [1.54, 1.807) is 0 Å². The summed E-state index contributed by atoms with van der Waals surface area (Å²) in [6.07, 6.45) is 6.88. The number of likely N-dealkylation sites (tertiary alicyclic amines) is 1. The van der Waals surface area contributed by atoms with Crippen LogP contribution in [0.3, 0.4) is 0 Å². The first-order valence-corrected chi connectivity index (χ1v) is 12.8. The summed E-state index contributed by atoms with van der Waals surface area (Å²) in [5.74, 6) is 2.43. The summed E-state index contributed by atoms with van der Waals surface area (Å²) in [5.41, 5.74) is 0.521. The highest BCUT2D eigenvalue weighted by atomic mass is 16.2. The first-order valence-electron chi connectivity index (χ1n) is 12.8. The van der Waals surface area contributed by atoms with Gasteiger partial charge in [0.25, 0.3) is 0 Å². The van der Waals surface area contributed by atoms with E-state index in [-0.39, 0.29) is 11.9 Å². The molecule has 1 spiro atoms. The van der Waals surface area contributed by atoms with Gasteiger partial charge in [-0.05, 0) is 76.4 Å². The minimum Gasteiger partial charge on any atom is -0.342 e. The van der Waals surface area contributed by atoms with Crippen molar-refractivity contribution in [3.05, 3.63) is 0 Å². The second-order valence-electron chi connectivity index (χ2n) is 11.7. The lowest BCUT2D eigenvalue weighted by atomic mass is 9.57. The van der Waals surface area contributed by atoms with Gasteiger partial charge < -0.3 is 19.9 Å². The third-order valence-corrected chi connectivity index (χ3v) is 6.44. The van der Waals surface area contributed by atoms with Crippen molar-refractivity contribution in [2.45, 2.75) is 72.8 Å². The van der Waals surface area contributed by atoms with E-state index >= 15 is 0 Å². The highest BCUT2D eigenvalue weighted by Crippen LogP contribution is 2.52. The van der Waals surface area contributed by atoms with Gasteiger partial charge in [-0.3, -0.25) is 9.69 Å². The number of aldehydes is 1. The Balaban J connectivity index is 0.00000118. The molecule has 1 aliphatic heterocycles. The van der Waals surface area contributed by atoms with Gasteiger partial charge in [-0.2, -0.15) is 0 Å². The molecule has 2 rings (SSSR count). The lowest BCUT2D eigenvalue weighted by Gasteiger charge is -2.53. The number of likely N-dealkylation sites (N-methyl/N-ethyl adjacent to an activating group) is 1. The molecule has 6 heteroatoms. The third kappa shape index (κ3) is 11.2. The molecule has 6 nitrogen and oxygen atoms in total. The minimum atomic E-state index is -0.0822. The fourth-order valence-corrected chi connectivity index (χ4v) is 4.99. The monoisotopic (exact) mass is 452 g/mol. The van der Waals surface area contributed by atoms with Crippen LogP contribution in [0.1, 0.15) is 66.7 Å². The molecular weight excluding hydrogens is 400 g/mol. The summed E-state index contributed by atoms with van der Waals surface area (Å²) in [6, 6.07) is -0.0822. The molecule has 2 fully saturated rings. The lowest BCUT2D eigenvalue weighted by molar-refractivity contribution is -0.136. The number of hydrogen-bond acceptors (Lipinski definition) is 5. The fourth-order valence-electron chi connectivity index (χ4n) is 4.99. The zero-order valence-electron chi connectivity index (χ0n) is 22.3. The van der Waals surface area contributed by atoms with Gasteiger partial charge in [0.1, 0.15) is 6.29 Å². The Morgan fingerprint density at radius 1 is 1.09 bits per heavy atom. The normalized spacial score (nSPS) is 19.3. The van der Waals surface area contributed by atoms with E-state index in [1.165, 1.54) is 32.2 Å². The van der Waals surface area contributed by atoms with E-state index in [0.29, 0.717) is 17.9 Å². The lowest BCUT2D eigenvalue weighted by Crippen LogP contribution is -2.52. The summed E-state index contributed by atoms with van der Waals surface area (Å²) in [5, 5.41) is 3.29. The maximum absolute atomic E-state index is 12.6. The Bertz CT molecular complexity index is 531. The maximum Gasteiger partial charge on any atom is 0.236 e. The van der Waals surface area contributed by atoms with Crippen LogP contribution in [0.2, 0.25) is 0 Å². The zero-order chi connectivity index (χ0) is 24.3. The van der Waals surface area contributed by atoms with Crippen molar-refractivity contribution >= 4 is 12.2 Å². The summed E-state index contributed by atoms with van der Waals surface area (Å²) < 4.78 is 0. The van der Waals surface area contributed by atoms with Crippen molar-refractivity contribution in [1.82, 2.24) is 20.0 Å². The molecule has 0 aromatic heterocycles.